The molecule has 1 aromatic carbocycles. The van der Waals surface area contributed by atoms with E-state index in [4.69, 9.17) is 0 Å². The van der Waals surface area contributed by atoms with Crippen molar-refractivity contribution in [3.05, 3.63) is 35.6 Å². The van der Waals surface area contributed by atoms with Crippen LogP contribution in [0.5, 0.6) is 0 Å². The molecule has 2 bridgehead atoms. The molecule has 2 saturated heterocycles. The van der Waals surface area contributed by atoms with E-state index < -0.39 is 15.8 Å². The molecule has 0 radical (unpaired) electrons. The molecule has 2 aliphatic heterocycles. The molecule has 0 spiro atoms. The van der Waals surface area contributed by atoms with Crippen LogP contribution in [-0.2, 0) is 15.8 Å². The molecule has 0 aromatic heterocycles. The maximum atomic E-state index is 13.2. The molecular weight excluding hydrogens is 279 g/mol. The van der Waals surface area contributed by atoms with E-state index >= 15 is 0 Å². The van der Waals surface area contributed by atoms with Gasteiger partial charge in [-0.2, -0.15) is 0 Å². The van der Waals surface area contributed by atoms with Gasteiger partial charge < -0.3 is 5.32 Å². The highest BCUT2D eigenvalue weighted by molar-refractivity contribution is 7.88. The van der Waals surface area contributed by atoms with E-state index in [1.807, 2.05) is 0 Å². The molecule has 0 amide bonds. The van der Waals surface area contributed by atoms with Crippen molar-refractivity contribution in [2.45, 2.75) is 37.1 Å². The minimum atomic E-state index is -3.37. The van der Waals surface area contributed by atoms with Crippen LogP contribution >= 0.6 is 0 Å². The Balaban J connectivity index is 1.74. The molecule has 2 unspecified atom stereocenters. The van der Waals surface area contributed by atoms with Crippen molar-refractivity contribution in [2.24, 2.45) is 0 Å². The highest BCUT2D eigenvalue weighted by Crippen LogP contribution is 2.23. The smallest absolute Gasteiger partial charge is 0.218 e. The number of halogens is 1. The summed E-state index contributed by atoms with van der Waals surface area (Å²) in [4.78, 5) is 0. The van der Waals surface area contributed by atoms with Gasteiger partial charge in [-0.05, 0) is 37.0 Å². The van der Waals surface area contributed by atoms with E-state index in [0.29, 0.717) is 24.7 Å². The predicted octanol–water partition coefficient (Wildman–Crippen LogP) is 1.48. The largest absolute Gasteiger partial charge is 0.310 e. The van der Waals surface area contributed by atoms with Crippen LogP contribution in [0, 0.1) is 5.82 Å². The summed E-state index contributed by atoms with van der Waals surface area (Å²) in [6.45, 7) is 1.10. The molecule has 2 fully saturated rings. The molecule has 2 heterocycles. The van der Waals surface area contributed by atoms with Gasteiger partial charge in [0.1, 0.15) is 5.82 Å². The Morgan fingerprint density at radius 3 is 2.85 bits per heavy atom. The number of nitrogens with zero attached hydrogens (tertiary/aromatic N) is 1. The molecule has 20 heavy (non-hydrogen) atoms. The third-order valence-electron chi connectivity index (χ3n) is 4.12. The highest BCUT2D eigenvalue weighted by atomic mass is 32.2. The second-order valence-corrected chi connectivity index (χ2v) is 7.64. The van der Waals surface area contributed by atoms with E-state index in [1.165, 1.54) is 12.1 Å². The number of rotatable bonds is 3. The second-order valence-electron chi connectivity index (χ2n) is 5.67. The summed E-state index contributed by atoms with van der Waals surface area (Å²) < 4.78 is 39.7. The third kappa shape index (κ3) is 3.02. The zero-order valence-electron chi connectivity index (χ0n) is 11.3. The Labute approximate surface area is 119 Å². The normalized spacial score (nSPS) is 27.4. The third-order valence-corrected chi connectivity index (χ3v) is 5.93. The number of sulfonamides is 1. The fourth-order valence-electron chi connectivity index (χ4n) is 3.09. The monoisotopic (exact) mass is 298 g/mol. The molecule has 110 valence electrons. The van der Waals surface area contributed by atoms with Gasteiger partial charge in [0.15, 0.2) is 0 Å². The SMILES string of the molecule is O=S(=O)(Cc1cccc(F)c1)N1CCC2CCC(C1)N2. The first-order chi connectivity index (χ1) is 9.53. The molecular formula is C14H19FN2O2S. The summed E-state index contributed by atoms with van der Waals surface area (Å²) in [5.74, 6) is -0.517. The molecule has 2 atom stereocenters. The molecule has 0 saturated carbocycles. The van der Waals surface area contributed by atoms with Gasteiger partial charge >= 0.3 is 0 Å². The molecule has 3 rings (SSSR count). The van der Waals surface area contributed by atoms with Crippen LogP contribution in [0.2, 0.25) is 0 Å². The minimum Gasteiger partial charge on any atom is -0.310 e. The fraction of sp³-hybridized carbons (Fsp3) is 0.571. The molecule has 1 N–H and O–H groups in total. The van der Waals surface area contributed by atoms with Crippen LogP contribution in [0.15, 0.2) is 24.3 Å². The van der Waals surface area contributed by atoms with Crippen molar-refractivity contribution in [3.63, 3.8) is 0 Å². The Morgan fingerprint density at radius 2 is 2.05 bits per heavy atom. The lowest BCUT2D eigenvalue weighted by molar-refractivity contribution is 0.383. The standard InChI is InChI=1S/C14H19FN2O2S/c15-12-3-1-2-11(8-12)10-20(18,19)17-7-6-13-4-5-14(9-17)16-13/h1-3,8,13-14,16H,4-7,9-10H2. The van der Waals surface area contributed by atoms with Crippen LogP contribution in [-0.4, -0.2) is 37.9 Å². The summed E-state index contributed by atoms with van der Waals surface area (Å²) in [6.07, 6.45) is 3.04. The Hall–Kier alpha value is -0.980. The van der Waals surface area contributed by atoms with Gasteiger partial charge in [-0.15, -0.1) is 0 Å². The lowest BCUT2D eigenvalue weighted by Gasteiger charge is -2.23. The average molecular weight is 298 g/mol. The van der Waals surface area contributed by atoms with Crippen LogP contribution in [0.25, 0.3) is 0 Å². The van der Waals surface area contributed by atoms with Crippen LogP contribution < -0.4 is 5.32 Å². The topological polar surface area (TPSA) is 49.4 Å². The van der Waals surface area contributed by atoms with Crippen molar-refractivity contribution in [1.29, 1.82) is 0 Å². The van der Waals surface area contributed by atoms with Gasteiger partial charge in [0.2, 0.25) is 10.0 Å². The van der Waals surface area contributed by atoms with E-state index in [9.17, 15) is 12.8 Å². The van der Waals surface area contributed by atoms with Gasteiger partial charge in [0.05, 0.1) is 5.75 Å². The van der Waals surface area contributed by atoms with Crippen LogP contribution in [0.4, 0.5) is 4.39 Å². The zero-order valence-corrected chi connectivity index (χ0v) is 12.1. The Kier molecular flexibility index (Phi) is 3.79. The number of hydrogen-bond acceptors (Lipinski definition) is 3. The number of benzene rings is 1. The fourth-order valence-corrected chi connectivity index (χ4v) is 4.67. The zero-order chi connectivity index (χ0) is 14.2. The second kappa shape index (κ2) is 5.42. The van der Waals surface area contributed by atoms with Gasteiger partial charge in [0.25, 0.3) is 0 Å². The minimum absolute atomic E-state index is 0.123. The summed E-state index contributed by atoms with van der Waals surface area (Å²) in [5.41, 5.74) is 0.507. The van der Waals surface area contributed by atoms with Gasteiger partial charge in [0, 0.05) is 25.2 Å². The van der Waals surface area contributed by atoms with E-state index in [0.717, 1.165) is 19.3 Å². The van der Waals surface area contributed by atoms with E-state index in [-0.39, 0.29) is 11.8 Å². The first-order valence-electron chi connectivity index (χ1n) is 7.01. The maximum absolute atomic E-state index is 13.2. The average Bonchev–Trinajstić information content (AvgIpc) is 2.67. The van der Waals surface area contributed by atoms with E-state index in [1.54, 1.807) is 16.4 Å². The summed E-state index contributed by atoms with van der Waals surface area (Å²) >= 11 is 0. The Bertz CT molecular complexity index is 591. The first kappa shape index (κ1) is 14.0. The van der Waals surface area contributed by atoms with Crippen LogP contribution in [0.1, 0.15) is 24.8 Å². The lowest BCUT2D eigenvalue weighted by atomic mass is 10.1. The number of hydrogen-bond donors (Lipinski definition) is 1. The molecule has 4 nitrogen and oxygen atoms in total. The lowest BCUT2D eigenvalue weighted by Crippen LogP contribution is -2.39. The summed E-state index contributed by atoms with van der Waals surface area (Å²) in [5, 5.41) is 3.46. The number of nitrogens with one attached hydrogen (secondary N) is 1. The number of fused-ring (bicyclic) bond motifs is 2. The van der Waals surface area contributed by atoms with Crippen LogP contribution in [0.3, 0.4) is 0 Å². The van der Waals surface area contributed by atoms with Crippen molar-refractivity contribution >= 4 is 10.0 Å². The quantitative estimate of drug-likeness (QED) is 0.919. The maximum Gasteiger partial charge on any atom is 0.218 e. The first-order valence-corrected chi connectivity index (χ1v) is 8.62. The molecule has 0 aliphatic carbocycles. The van der Waals surface area contributed by atoms with Gasteiger partial charge in [-0.3, -0.25) is 0 Å². The Morgan fingerprint density at radius 1 is 1.25 bits per heavy atom. The highest BCUT2D eigenvalue weighted by Gasteiger charge is 2.34. The van der Waals surface area contributed by atoms with E-state index in [2.05, 4.69) is 5.32 Å². The van der Waals surface area contributed by atoms with Crippen molar-refractivity contribution in [3.8, 4) is 0 Å². The summed E-state index contributed by atoms with van der Waals surface area (Å²) in [7, 11) is -3.37. The van der Waals surface area contributed by atoms with Crippen molar-refractivity contribution in [2.75, 3.05) is 13.1 Å². The predicted molar refractivity (Wildman–Crippen MR) is 75.2 cm³/mol. The molecule has 2 aliphatic rings. The molecule has 1 aromatic rings. The molecule has 6 heteroatoms. The summed E-state index contributed by atoms with van der Waals surface area (Å²) in [6, 6.07) is 6.54. The van der Waals surface area contributed by atoms with Gasteiger partial charge in [-0.1, -0.05) is 12.1 Å². The van der Waals surface area contributed by atoms with Crippen molar-refractivity contribution < 1.29 is 12.8 Å². The van der Waals surface area contributed by atoms with Crippen molar-refractivity contribution in [1.82, 2.24) is 9.62 Å². The van der Waals surface area contributed by atoms with Gasteiger partial charge in [-0.25, -0.2) is 17.1 Å².